The summed E-state index contributed by atoms with van der Waals surface area (Å²) in [5.41, 5.74) is 2.37. The summed E-state index contributed by atoms with van der Waals surface area (Å²) in [6.45, 7) is 4.41. The topological polar surface area (TPSA) is 60.9 Å². The highest BCUT2D eigenvalue weighted by Gasteiger charge is 2.33. The predicted molar refractivity (Wildman–Crippen MR) is 92.1 cm³/mol. The van der Waals surface area contributed by atoms with Gasteiger partial charge in [-0.25, -0.2) is 0 Å². The zero-order valence-corrected chi connectivity index (χ0v) is 13.8. The molecule has 3 rings (SSSR count). The van der Waals surface area contributed by atoms with Crippen molar-refractivity contribution in [1.29, 1.82) is 0 Å². The van der Waals surface area contributed by atoms with Crippen LogP contribution in [0.3, 0.4) is 0 Å². The quantitative estimate of drug-likeness (QED) is 0.923. The van der Waals surface area contributed by atoms with E-state index in [1.807, 2.05) is 38.1 Å². The second kappa shape index (κ2) is 6.35. The lowest BCUT2D eigenvalue weighted by atomic mass is 10.1. The van der Waals surface area contributed by atoms with E-state index < -0.39 is 0 Å². The van der Waals surface area contributed by atoms with Crippen LogP contribution in [-0.2, 0) is 4.79 Å². The Morgan fingerprint density at radius 2 is 1.88 bits per heavy atom. The minimum atomic E-state index is -0.240. The Morgan fingerprint density at radius 3 is 2.54 bits per heavy atom. The van der Waals surface area contributed by atoms with E-state index in [1.165, 1.54) is 12.1 Å². The highest BCUT2D eigenvalue weighted by Crippen LogP contribution is 2.22. The molecule has 0 unspecified atom stereocenters. The van der Waals surface area contributed by atoms with E-state index >= 15 is 0 Å². The number of carbonyl (C=O) groups excluding carboxylic acids is 2. The number of anilines is 1. The molecule has 5 heteroatoms. The van der Waals surface area contributed by atoms with Crippen molar-refractivity contribution < 1.29 is 14.7 Å². The first kappa shape index (κ1) is 16.1. The van der Waals surface area contributed by atoms with Gasteiger partial charge in [-0.05, 0) is 44.2 Å². The molecule has 0 aromatic heterocycles. The summed E-state index contributed by atoms with van der Waals surface area (Å²) in [6, 6.07) is 13.9. The maximum absolute atomic E-state index is 12.6. The molecule has 124 valence electrons. The number of hydrogen-bond donors (Lipinski definition) is 1. The molecule has 0 aliphatic carbocycles. The summed E-state index contributed by atoms with van der Waals surface area (Å²) in [5, 5.41) is 9.55. The normalized spacial score (nSPS) is 17.9. The smallest absolute Gasteiger partial charge is 0.254 e. The Bertz CT molecular complexity index is 770. The Balaban J connectivity index is 1.79. The monoisotopic (exact) mass is 324 g/mol. The van der Waals surface area contributed by atoms with Crippen LogP contribution in [-0.4, -0.2) is 41.0 Å². The molecule has 2 aromatic rings. The summed E-state index contributed by atoms with van der Waals surface area (Å²) in [6.07, 6.45) is 0. The number of piperazine rings is 1. The Hall–Kier alpha value is -2.82. The average Bonchev–Trinajstić information content (AvgIpc) is 2.57. The second-order valence-electron chi connectivity index (χ2n) is 6.17. The first-order valence-electron chi connectivity index (χ1n) is 7.93. The highest BCUT2D eigenvalue weighted by atomic mass is 16.3. The lowest BCUT2D eigenvalue weighted by Gasteiger charge is -2.39. The average molecular weight is 324 g/mol. The molecular weight excluding hydrogens is 304 g/mol. The van der Waals surface area contributed by atoms with Crippen molar-refractivity contribution >= 4 is 17.5 Å². The fraction of sp³-hybridized carbons (Fsp3) is 0.263. The van der Waals surface area contributed by atoms with Gasteiger partial charge in [-0.3, -0.25) is 9.59 Å². The summed E-state index contributed by atoms with van der Waals surface area (Å²) in [5.74, 6) is -0.307. The first-order chi connectivity index (χ1) is 11.5. The third-order valence-corrected chi connectivity index (χ3v) is 4.29. The number of aromatic hydroxyl groups is 1. The molecule has 0 bridgehead atoms. The molecule has 1 aliphatic rings. The summed E-state index contributed by atoms with van der Waals surface area (Å²) in [4.78, 5) is 28.4. The van der Waals surface area contributed by atoms with Gasteiger partial charge in [-0.2, -0.15) is 0 Å². The summed E-state index contributed by atoms with van der Waals surface area (Å²) < 4.78 is 0. The van der Waals surface area contributed by atoms with Gasteiger partial charge < -0.3 is 14.9 Å². The lowest BCUT2D eigenvalue weighted by Crippen LogP contribution is -2.57. The van der Waals surface area contributed by atoms with E-state index in [0.29, 0.717) is 12.1 Å². The van der Waals surface area contributed by atoms with Crippen LogP contribution in [0.25, 0.3) is 0 Å². The van der Waals surface area contributed by atoms with Crippen molar-refractivity contribution in [1.82, 2.24) is 4.90 Å². The largest absolute Gasteiger partial charge is 0.508 e. The van der Waals surface area contributed by atoms with E-state index in [2.05, 4.69) is 0 Å². The molecule has 1 aliphatic heterocycles. The van der Waals surface area contributed by atoms with Crippen molar-refractivity contribution in [2.45, 2.75) is 19.9 Å². The minimum absolute atomic E-state index is 0.0313. The van der Waals surface area contributed by atoms with Crippen LogP contribution in [0.4, 0.5) is 5.69 Å². The van der Waals surface area contributed by atoms with E-state index in [1.54, 1.807) is 21.9 Å². The maximum atomic E-state index is 12.6. The van der Waals surface area contributed by atoms with Gasteiger partial charge in [0.25, 0.3) is 5.91 Å². The number of hydrogen-bond acceptors (Lipinski definition) is 3. The first-order valence-corrected chi connectivity index (χ1v) is 7.93. The van der Waals surface area contributed by atoms with Crippen molar-refractivity contribution in [3.05, 3.63) is 59.7 Å². The minimum Gasteiger partial charge on any atom is -0.508 e. The van der Waals surface area contributed by atoms with Crippen molar-refractivity contribution in [2.75, 3.05) is 18.0 Å². The van der Waals surface area contributed by atoms with E-state index in [4.69, 9.17) is 0 Å². The lowest BCUT2D eigenvalue weighted by molar-refractivity contribution is -0.121. The molecule has 1 fully saturated rings. The third kappa shape index (κ3) is 3.11. The van der Waals surface area contributed by atoms with E-state index in [0.717, 1.165) is 11.3 Å². The van der Waals surface area contributed by atoms with Crippen LogP contribution in [0.2, 0.25) is 0 Å². The number of nitrogens with zero attached hydrogens (tertiary/aromatic N) is 2. The summed E-state index contributed by atoms with van der Waals surface area (Å²) in [7, 11) is 0. The predicted octanol–water partition coefficient (Wildman–Crippen LogP) is 2.58. The number of aryl methyl sites for hydroxylation is 1. The fourth-order valence-corrected chi connectivity index (χ4v) is 2.90. The SMILES string of the molecule is Cc1ccc(N2C[C@@H](C)N(C(=O)c3cccc(O)c3)CC2=O)cc1. The van der Waals surface area contributed by atoms with Gasteiger partial charge in [0.1, 0.15) is 12.3 Å². The van der Waals surface area contributed by atoms with Gasteiger partial charge in [0.2, 0.25) is 5.91 Å². The standard InChI is InChI=1S/C19H20N2O3/c1-13-6-8-16(9-7-13)21-11-14(2)20(12-18(21)23)19(24)15-4-3-5-17(22)10-15/h3-10,14,22H,11-12H2,1-2H3/t14-/m1/s1. The van der Waals surface area contributed by atoms with Gasteiger partial charge in [0.15, 0.2) is 0 Å². The van der Waals surface area contributed by atoms with E-state index in [-0.39, 0.29) is 30.2 Å². The Morgan fingerprint density at radius 1 is 1.17 bits per heavy atom. The molecule has 1 atom stereocenters. The van der Waals surface area contributed by atoms with Gasteiger partial charge in [-0.1, -0.05) is 23.8 Å². The fourth-order valence-electron chi connectivity index (χ4n) is 2.90. The number of phenols is 1. The van der Waals surface area contributed by atoms with Crippen molar-refractivity contribution in [2.24, 2.45) is 0 Å². The number of benzene rings is 2. The zero-order chi connectivity index (χ0) is 17.3. The molecule has 0 saturated carbocycles. The van der Waals surface area contributed by atoms with Crippen LogP contribution < -0.4 is 4.90 Å². The molecule has 1 N–H and O–H groups in total. The number of carbonyl (C=O) groups is 2. The van der Waals surface area contributed by atoms with Gasteiger partial charge in [-0.15, -0.1) is 0 Å². The van der Waals surface area contributed by atoms with Crippen LogP contribution >= 0.6 is 0 Å². The van der Waals surface area contributed by atoms with E-state index in [9.17, 15) is 14.7 Å². The molecule has 0 spiro atoms. The molecule has 1 saturated heterocycles. The Labute approximate surface area is 141 Å². The zero-order valence-electron chi connectivity index (χ0n) is 13.8. The van der Waals surface area contributed by atoms with Crippen molar-refractivity contribution in [3.8, 4) is 5.75 Å². The molecule has 24 heavy (non-hydrogen) atoms. The van der Waals surface area contributed by atoms with Crippen molar-refractivity contribution in [3.63, 3.8) is 0 Å². The summed E-state index contributed by atoms with van der Waals surface area (Å²) >= 11 is 0. The molecule has 1 heterocycles. The molecule has 0 radical (unpaired) electrons. The van der Waals surface area contributed by atoms with Gasteiger partial charge in [0, 0.05) is 23.8 Å². The second-order valence-corrected chi connectivity index (χ2v) is 6.17. The van der Waals surface area contributed by atoms with Crippen LogP contribution in [0.1, 0.15) is 22.8 Å². The van der Waals surface area contributed by atoms with Crippen LogP contribution in [0.5, 0.6) is 5.75 Å². The molecular formula is C19H20N2O3. The third-order valence-electron chi connectivity index (χ3n) is 4.29. The number of amides is 2. The molecule has 5 nitrogen and oxygen atoms in total. The van der Waals surface area contributed by atoms with Gasteiger partial charge >= 0.3 is 0 Å². The highest BCUT2D eigenvalue weighted by molar-refractivity contribution is 6.02. The maximum Gasteiger partial charge on any atom is 0.254 e. The molecule has 2 amide bonds. The van der Waals surface area contributed by atoms with Crippen LogP contribution in [0.15, 0.2) is 48.5 Å². The number of phenolic OH excluding ortho intramolecular Hbond substituents is 1. The number of rotatable bonds is 2. The van der Waals surface area contributed by atoms with Crippen LogP contribution in [0, 0.1) is 6.92 Å². The Kier molecular flexibility index (Phi) is 4.25. The van der Waals surface area contributed by atoms with Gasteiger partial charge in [0.05, 0.1) is 0 Å². The molecule has 2 aromatic carbocycles.